The Hall–Kier alpha value is -3.60. The van der Waals surface area contributed by atoms with Gasteiger partial charge in [0.05, 0.1) is 18.3 Å². The van der Waals surface area contributed by atoms with E-state index in [9.17, 15) is 14.0 Å². The van der Waals surface area contributed by atoms with Crippen LogP contribution in [0.4, 0.5) is 4.39 Å². The molecule has 154 valence electrons. The van der Waals surface area contributed by atoms with Gasteiger partial charge in [-0.25, -0.2) is 23.4 Å². The maximum Gasteiger partial charge on any atom is 0.352 e. The van der Waals surface area contributed by atoms with E-state index in [0.717, 1.165) is 16.9 Å². The molecular weight excluding hydrogens is 411 g/mol. The van der Waals surface area contributed by atoms with Gasteiger partial charge in [0.15, 0.2) is 5.13 Å². The highest BCUT2D eigenvalue weighted by molar-refractivity contribution is 7.16. The molecule has 0 bridgehead atoms. The van der Waals surface area contributed by atoms with Crippen molar-refractivity contribution in [1.82, 2.24) is 29.8 Å². The summed E-state index contributed by atoms with van der Waals surface area (Å²) in [6.07, 6.45) is 2.78. The van der Waals surface area contributed by atoms with Crippen molar-refractivity contribution in [2.45, 2.75) is 26.4 Å². The lowest BCUT2D eigenvalue weighted by Gasteiger charge is -2.10. The second kappa shape index (κ2) is 8.03. The van der Waals surface area contributed by atoms with Crippen LogP contribution in [0.3, 0.4) is 0 Å². The molecule has 1 unspecified atom stereocenters. The summed E-state index contributed by atoms with van der Waals surface area (Å²) in [5.74, 6) is -0.671. The fraction of sp³-hybridized carbons (Fsp3) is 0.211. The van der Waals surface area contributed by atoms with Crippen LogP contribution in [0, 0.1) is 12.7 Å². The zero-order chi connectivity index (χ0) is 21.3. The standard InChI is InChI=1S/C19H17FN6O3S/c1-11-16(17(27)21-9-15-7-8-29-24-15)30-18(23-11)25-10-22-26(19(25)28)12(2)13-3-5-14(20)6-4-13/h3-8,10,12H,9H2,1-2H3,(H,21,27). The molecule has 0 saturated carbocycles. The third-order valence-electron chi connectivity index (χ3n) is 4.53. The van der Waals surface area contributed by atoms with Crippen molar-refractivity contribution < 1.29 is 13.7 Å². The molecule has 0 fully saturated rings. The van der Waals surface area contributed by atoms with Gasteiger partial charge < -0.3 is 9.84 Å². The lowest BCUT2D eigenvalue weighted by molar-refractivity contribution is 0.0953. The zero-order valence-electron chi connectivity index (χ0n) is 16.1. The highest BCUT2D eigenvalue weighted by Gasteiger charge is 2.20. The first-order valence-electron chi connectivity index (χ1n) is 9.01. The first kappa shape index (κ1) is 19.7. The van der Waals surface area contributed by atoms with E-state index in [-0.39, 0.29) is 18.3 Å². The fourth-order valence-electron chi connectivity index (χ4n) is 2.87. The molecule has 0 saturated heterocycles. The maximum atomic E-state index is 13.2. The van der Waals surface area contributed by atoms with Gasteiger partial charge in [0, 0.05) is 6.07 Å². The van der Waals surface area contributed by atoms with E-state index >= 15 is 0 Å². The van der Waals surface area contributed by atoms with Crippen LogP contribution < -0.4 is 11.0 Å². The summed E-state index contributed by atoms with van der Waals surface area (Å²) >= 11 is 1.09. The number of carbonyl (C=O) groups excluding carboxylic acids is 1. The molecule has 0 radical (unpaired) electrons. The first-order valence-corrected chi connectivity index (χ1v) is 9.82. The SMILES string of the molecule is Cc1nc(-n2cnn(C(C)c3ccc(F)cc3)c2=O)sc1C(=O)NCc1ccon1. The quantitative estimate of drug-likeness (QED) is 0.505. The molecule has 0 spiro atoms. The highest BCUT2D eigenvalue weighted by Crippen LogP contribution is 2.21. The minimum atomic E-state index is -0.407. The Morgan fingerprint density at radius 3 is 2.77 bits per heavy atom. The number of hydrogen-bond donors (Lipinski definition) is 1. The van der Waals surface area contributed by atoms with E-state index in [1.807, 2.05) is 0 Å². The number of thiazole rings is 1. The Kier molecular flexibility index (Phi) is 5.27. The van der Waals surface area contributed by atoms with E-state index in [4.69, 9.17) is 4.52 Å². The number of carbonyl (C=O) groups is 1. The smallest absolute Gasteiger partial charge is 0.352 e. The van der Waals surface area contributed by atoms with Gasteiger partial charge in [-0.2, -0.15) is 5.10 Å². The summed E-state index contributed by atoms with van der Waals surface area (Å²) in [4.78, 5) is 30.1. The number of nitrogens with one attached hydrogen (secondary N) is 1. The number of halogens is 1. The van der Waals surface area contributed by atoms with E-state index in [2.05, 4.69) is 20.6 Å². The van der Waals surface area contributed by atoms with E-state index in [1.165, 1.54) is 34.0 Å². The van der Waals surface area contributed by atoms with Gasteiger partial charge in [0.25, 0.3) is 5.91 Å². The van der Waals surface area contributed by atoms with Crippen molar-refractivity contribution in [3.8, 4) is 5.13 Å². The molecule has 4 rings (SSSR count). The fourth-order valence-corrected chi connectivity index (χ4v) is 3.82. The number of aromatic nitrogens is 5. The van der Waals surface area contributed by atoms with Crippen molar-refractivity contribution in [3.05, 3.63) is 81.1 Å². The number of benzene rings is 1. The minimum Gasteiger partial charge on any atom is -0.364 e. The van der Waals surface area contributed by atoms with Gasteiger partial charge in [0.2, 0.25) is 0 Å². The molecule has 4 aromatic rings. The van der Waals surface area contributed by atoms with Crippen LogP contribution in [0.15, 0.2) is 52.2 Å². The van der Waals surface area contributed by atoms with Gasteiger partial charge in [-0.05, 0) is 31.5 Å². The van der Waals surface area contributed by atoms with Crippen LogP contribution in [-0.4, -0.2) is 30.4 Å². The second-order valence-corrected chi connectivity index (χ2v) is 7.52. The van der Waals surface area contributed by atoms with Gasteiger partial charge in [0.1, 0.15) is 29.0 Å². The second-order valence-electron chi connectivity index (χ2n) is 6.54. The van der Waals surface area contributed by atoms with Gasteiger partial charge in [-0.1, -0.05) is 28.6 Å². The normalized spacial score (nSPS) is 12.1. The van der Waals surface area contributed by atoms with Crippen molar-refractivity contribution in [2.75, 3.05) is 0 Å². The monoisotopic (exact) mass is 428 g/mol. The molecular formula is C19H17FN6O3S. The predicted molar refractivity (Wildman–Crippen MR) is 106 cm³/mol. The van der Waals surface area contributed by atoms with Crippen LogP contribution >= 0.6 is 11.3 Å². The maximum absolute atomic E-state index is 13.2. The number of hydrogen-bond acceptors (Lipinski definition) is 7. The molecule has 1 aromatic carbocycles. The van der Waals surface area contributed by atoms with Gasteiger partial charge in [-0.3, -0.25) is 4.79 Å². The summed E-state index contributed by atoms with van der Waals surface area (Å²) in [5, 5.41) is 11.0. The molecule has 3 heterocycles. The molecule has 0 aliphatic rings. The number of aryl methyl sites for hydroxylation is 1. The number of rotatable bonds is 6. The summed E-state index contributed by atoms with van der Waals surface area (Å²) in [6, 6.07) is 7.14. The van der Waals surface area contributed by atoms with E-state index in [0.29, 0.717) is 21.4 Å². The Morgan fingerprint density at radius 1 is 1.30 bits per heavy atom. The average molecular weight is 428 g/mol. The van der Waals surface area contributed by atoms with Gasteiger partial charge >= 0.3 is 5.69 Å². The van der Waals surface area contributed by atoms with Crippen LogP contribution in [0.25, 0.3) is 5.13 Å². The molecule has 11 heteroatoms. The molecule has 1 atom stereocenters. The first-order chi connectivity index (χ1) is 14.4. The Balaban J connectivity index is 1.56. The average Bonchev–Trinajstić information content (AvgIpc) is 3.46. The van der Waals surface area contributed by atoms with Crippen molar-refractivity contribution in [1.29, 1.82) is 0 Å². The summed E-state index contributed by atoms with van der Waals surface area (Å²) < 4.78 is 20.5. The Morgan fingerprint density at radius 2 is 2.07 bits per heavy atom. The van der Waals surface area contributed by atoms with Crippen LogP contribution in [-0.2, 0) is 6.54 Å². The Labute approximate surface area is 173 Å². The predicted octanol–water partition coefficient (Wildman–Crippen LogP) is 2.47. The molecule has 1 N–H and O–H groups in total. The topological polar surface area (TPSA) is 108 Å². The zero-order valence-corrected chi connectivity index (χ0v) is 16.9. The summed E-state index contributed by atoms with van der Waals surface area (Å²) in [6.45, 7) is 3.71. The third-order valence-corrected chi connectivity index (χ3v) is 5.69. The van der Waals surface area contributed by atoms with Crippen LogP contribution in [0.5, 0.6) is 0 Å². The third kappa shape index (κ3) is 3.79. The lowest BCUT2D eigenvalue weighted by atomic mass is 10.1. The summed E-state index contributed by atoms with van der Waals surface area (Å²) in [5.41, 5.74) is 1.43. The van der Waals surface area contributed by atoms with Gasteiger partial charge in [-0.15, -0.1) is 0 Å². The van der Waals surface area contributed by atoms with Crippen molar-refractivity contribution in [2.24, 2.45) is 0 Å². The van der Waals surface area contributed by atoms with Crippen LogP contribution in [0.1, 0.15) is 39.6 Å². The van der Waals surface area contributed by atoms with Crippen LogP contribution in [0.2, 0.25) is 0 Å². The van der Waals surface area contributed by atoms with E-state index < -0.39 is 11.7 Å². The number of nitrogens with zero attached hydrogens (tertiary/aromatic N) is 5. The highest BCUT2D eigenvalue weighted by atomic mass is 32.1. The number of amides is 1. The molecule has 30 heavy (non-hydrogen) atoms. The molecule has 0 aliphatic carbocycles. The molecule has 3 aromatic heterocycles. The molecule has 0 aliphatic heterocycles. The van der Waals surface area contributed by atoms with E-state index in [1.54, 1.807) is 32.0 Å². The molecule has 1 amide bonds. The summed E-state index contributed by atoms with van der Waals surface area (Å²) in [7, 11) is 0. The largest absolute Gasteiger partial charge is 0.364 e. The minimum absolute atomic E-state index is 0.217. The Bertz CT molecular complexity index is 1230. The van der Waals surface area contributed by atoms with Crippen molar-refractivity contribution in [3.63, 3.8) is 0 Å². The van der Waals surface area contributed by atoms with Crippen molar-refractivity contribution >= 4 is 17.2 Å². The molecule has 9 nitrogen and oxygen atoms in total. The lowest BCUT2D eigenvalue weighted by Crippen LogP contribution is -2.26.